The third kappa shape index (κ3) is 7.98. The third-order valence-corrected chi connectivity index (χ3v) is 7.87. The second-order valence-corrected chi connectivity index (χ2v) is 16.0. The van der Waals surface area contributed by atoms with Gasteiger partial charge in [-0.3, -0.25) is 4.79 Å². The molecule has 248 valence electrons. The molecule has 0 aromatic heterocycles. The molecule has 3 aromatic carbocycles. The quantitative estimate of drug-likeness (QED) is 0.165. The van der Waals surface area contributed by atoms with Crippen LogP contribution in [-0.2, 0) is 21.7 Å². The van der Waals surface area contributed by atoms with Crippen molar-refractivity contribution in [2.45, 2.75) is 112 Å². The van der Waals surface area contributed by atoms with Crippen molar-refractivity contribution < 1.29 is 33.7 Å². The summed E-state index contributed by atoms with van der Waals surface area (Å²) in [5, 5.41) is 11.2. The first kappa shape index (κ1) is 36.3. The van der Waals surface area contributed by atoms with Gasteiger partial charge in [0.05, 0.1) is 23.8 Å². The maximum Gasteiger partial charge on any atom is 0.343 e. The van der Waals surface area contributed by atoms with Gasteiger partial charge >= 0.3 is 11.9 Å². The summed E-state index contributed by atoms with van der Waals surface area (Å²) in [5.41, 5.74) is 1.47. The van der Waals surface area contributed by atoms with Gasteiger partial charge in [0.25, 0.3) is 0 Å². The van der Waals surface area contributed by atoms with Crippen molar-refractivity contribution >= 4 is 17.7 Å². The number of rotatable bonds is 6. The van der Waals surface area contributed by atoms with Gasteiger partial charge in [0.2, 0.25) is 0 Å². The SMILES string of the molecule is COc1ccc(C(C)=O)c(OC(=O)c2cc(C(C)(C)C)c(OC(=O)c3cc(C(C)(C)C)c(O)c(C(C)(C)C)c3)c(C(C)(C)C)c2)c1. The number of hydrogen-bond acceptors (Lipinski definition) is 7. The van der Waals surface area contributed by atoms with Crippen LogP contribution in [0, 0.1) is 0 Å². The fourth-order valence-electron chi connectivity index (χ4n) is 5.18. The number of esters is 2. The average molecular weight is 631 g/mol. The van der Waals surface area contributed by atoms with E-state index in [1.165, 1.54) is 20.1 Å². The van der Waals surface area contributed by atoms with Crippen LogP contribution in [0.2, 0.25) is 0 Å². The molecule has 0 saturated carbocycles. The minimum absolute atomic E-state index is 0.0959. The summed E-state index contributed by atoms with van der Waals surface area (Å²) in [6, 6.07) is 11.5. The first-order valence-electron chi connectivity index (χ1n) is 15.6. The Morgan fingerprint density at radius 1 is 0.587 bits per heavy atom. The highest BCUT2D eigenvalue weighted by Crippen LogP contribution is 2.43. The molecular formula is C39H50O7. The fourth-order valence-corrected chi connectivity index (χ4v) is 5.18. The predicted octanol–water partition coefficient (Wildman–Crippen LogP) is 9.23. The van der Waals surface area contributed by atoms with E-state index in [-0.39, 0.29) is 28.4 Å². The summed E-state index contributed by atoms with van der Waals surface area (Å²) in [4.78, 5) is 40.0. The van der Waals surface area contributed by atoms with E-state index >= 15 is 0 Å². The molecule has 1 N–H and O–H groups in total. The lowest BCUT2D eigenvalue weighted by Gasteiger charge is -2.30. The topological polar surface area (TPSA) is 99.1 Å². The zero-order valence-electron chi connectivity index (χ0n) is 29.9. The molecular weight excluding hydrogens is 580 g/mol. The largest absolute Gasteiger partial charge is 0.507 e. The third-order valence-electron chi connectivity index (χ3n) is 7.87. The van der Waals surface area contributed by atoms with Gasteiger partial charge in [0, 0.05) is 28.3 Å². The summed E-state index contributed by atoms with van der Waals surface area (Å²) < 4.78 is 17.4. The molecule has 7 nitrogen and oxygen atoms in total. The standard InChI is InChI=1S/C39H50O7/c1-22(40)26-16-15-25(44-14)21-31(26)45-34(42)24-19-29(38(8,9)10)33(30(20-24)39(11,12)13)46-35(43)23-17-27(36(2,3)4)32(41)28(18-23)37(5,6)7/h15-21,41H,1-14H3. The zero-order valence-corrected chi connectivity index (χ0v) is 29.9. The highest BCUT2D eigenvalue weighted by Gasteiger charge is 2.33. The molecule has 0 unspecified atom stereocenters. The van der Waals surface area contributed by atoms with Crippen molar-refractivity contribution in [1.82, 2.24) is 0 Å². The minimum Gasteiger partial charge on any atom is -0.507 e. The summed E-state index contributed by atoms with van der Waals surface area (Å²) in [7, 11) is 1.49. The molecule has 0 amide bonds. The normalized spacial score (nSPS) is 12.5. The number of ether oxygens (including phenoxy) is 3. The molecule has 3 aromatic rings. The lowest BCUT2D eigenvalue weighted by molar-refractivity contribution is 0.0726. The Morgan fingerprint density at radius 3 is 1.35 bits per heavy atom. The van der Waals surface area contributed by atoms with Crippen molar-refractivity contribution in [3.05, 3.63) is 81.4 Å². The molecule has 3 rings (SSSR count). The average Bonchev–Trinajstić information content (AvgIpc) is 2.90. The van der Waals surface area contributed by atoms with Crippen LogP contribution in [0.15, 0.2) is 42.5 Å². The Bertz CT molecular complexity index is 1600. The molecule has 0 atom stereocenters. The molecule has 0 spiro atoms. The number of ketones is 1. The van der Waals surface area contributed by atoms with Crippen molar-refractivity contribution in [3.63, 3.8) is 0 Å². The number of carbonyl (C=O) groups is 3. The number of methoxy groups -OCH3 is 1. The van der Waals surface area contributed by atoms with E-state index in [1.54, 1.807) is 36.4 Å². The van der Waals surface area contributed by atoms with Crippen LogP contribution in [0.1, 0.15) is 143 Å². The second kappa shape index (κ2) is 12.6. The molecule has 0 heterocycles. The molecule has 0 aliphatic carbocycles. The van der Waals surface area contributed by atoms with E-state index in [0.29, 0.717) is 39.3 Å². The van der Waals surface area contributed by atoms with Crippen LogP contribution in [0.3, 0.4) is 0 Å². The van der Waals surface area contributed by atoms with Gasteiger partial charge in [-0.05, 0) is 65.0 Å². The van der Waals surface area contributed by atoms with E-state index < -0.39 is 33.6 Å². The highest BCUT2D eigenvalue weighted by atomic mass is 16.5. The maximum absolute atomic E-state index is 14.0. The number of hydrogen-bond donors (Lipinski definition) is 1. The van der Waals surface area contributed by atoms with Crippen molar-refractivity contribution in [3.8, 4) is 23.0 Å². The van der Waals surface area contributed by atoms with E-state index in [9.17, 15) is 19.5 Å². The van der Waals surface area contributed by atoms with Gasteiger partial charge in [-0.2, -0.15) is 0 Å². The monoisotopic (exact) mass is 630 g/mol. The first-order valence-corrected chi connectivity index (χ1v) is 15.6. The van der Waals surface area contributed by atoms with Gasteiger partial charge in [0.15, 0.2) is 5.78 Å². The Kier molecular flexibility index (Phi) is 9.94. The van der Waals surface area contributed by atoms with Crippen LogP contribution < -0.4 is 14.2 Å². The van der Waals surface area contributed by atoms with Crippen molar-refractivity contribution in [1.29, 1.82) is 0 Å². The second-order valence-electron chi connectivity index (χ2n) is 16.0. The van der Waals surface area contributed by atoms with Gasteiger partial charge in [-0.1, -0.05) is 83.1 Å². The summed E-state index contributed by atoms with van der Waals surface area (Å²) in [5.74, 6) is -0.392. The van der Waals surface area contributed by atoms with Crippen LogP contribution in [-0.4, -0.2) is 29.9 Å². The van der Waals surface area contributed by atoms with Gasteiger partial charge in [0.1, 0.15) is 23.0 Å². The lowest BCUT2D eigenvalue weighted by atomic mass is 9.78. The van der Waals surface area contributed by atoms with Gasteiger partial charge in [-0.25, -0.2) is 9.59 Å². The number of aromatic hydroxyl groups is 1. The van der Waals surface area contributed by atoms with Crippen LogP contribution in [0.4, 0.5) is 0 Å². The molecule has 7 heteroatoms. The molecule has 0 saturated heterocycles. The predicted molar refractivity (Wildman–Crippen MR) is 182 cm³/mol. The Labute approximate surface area is 274 Å². The van der Waals surface area contributed by atoms with Crippen LogP contribution in [0.5, 0.6) is 23.0 Å². The Hall–Kier alpha value is -4.13. The van der Waals surface area contributed by atoms with E-state index in [2.05, 4.69) is 0 Å². The summed E-state index contributed by atoms with van der Waals surface area (Å²) in [6.45, 7) is 25.2. The number of Topliss-reactive ketones (excluding diaryl/α,β-unsaturated/α-hetero) is 1. The Balaban J connectivity index is 2.22. The number of phenolic OH excluding ortho intramolecular Hbond substituents is 1. The fraction of sp³-hybridized carbons (Fsp3) is 0.462. The number of carbonyl (C=O) groups excluding carboxylic acids is 3. The molecule has 0 aliphatic heterocycles. The van der Waals surface area contributed by atoms with Crippen molar-refractivity contribution in [2.24, 2.45) is 0 Å². The first-order chi connectivity index (χ1) is 20.9. The number of phenols is 1. The van der Waals surface area contributed by atoms with E-state index in [0.717, 1.165) is 0 Å². The maximum atomic E-state index is 14.0. The number of benzene rings is 3. The molecule has 0 bridgehead atoms. The van der Waals surface area contributed by atoms with Gasteiger partial charge < -0.3 is 19.3 Å². The molecule has 0 fully saturated rings. The summed E-state index contributed by atoms with van der Waals surface area (Å²) >= 11 is 0. The molecule has 0 radical (unpaired) electrons. The van der Waals surface area contributed by atoms with Crippen LogP contribution in [0.25, 0.3) is 0 Å². The van der Waals surface area contributed by atoms with Crippen molar-refractivity contribution in [2.75, 3.05) is 7.11 Å². The van der Waals surface area contributed by atoms with Gasteiger partial charge in [-0.15, -0.1) is 0 Å². The molecule has 46 heavy (non-hydrogen) atoms. The Morgan fingerprint density at radius 2 is 0.978 bits per heavy atom. The van der Waals surface area contributed by atoms with E-state index in [4.69, 9.17) is 14.2 Å². The molecule has 0 aliphatic rings. The zero-order chi connectivity index (χ0) is 35.2. The highest BCUT2D eigenvalue weighted by molar-refractivity contribution is 5.99. The van der Waals surface area contributed by atoms with E-state index in [1.807, 2.05) is 83.1 Å². The summed E-state index contributed by atoms with van der Waals surface area (Å²) in [6.07, 6.45) is 0. The van der Waals surface area contributed by atoms with Crippen LogP contribution >= 0.6 is 0 Å². The lowest BCUT2D eigenvalue weighted by Crippen LogP contribution is -2.24. The smallest absolute Gasteiger partial charge is 0.343 e. The minimum atomic E-state index is -0.659.